The van der Waals surface area contributed by atoms with Crippen molar-refractivity contribution >= 4 is 23.8 Å². The molecule has 2 unspecified atom stereocenters. The predicted octanol–water partition coefficient (Wildman–Crippen LogP) is 1.12. The van der Waals surface area contributed by atoms with Crippen molar-refractivity contribution in [3.8, 4) is 0 Å². The maximum atomic E-state index is 12.7. The minimum atomic E-state index is -0.886. The van der Waals surface area contributed by atoms with Crippen LogP contribution in [0.25, 0.3) is 0 Å². The quantitative estimate of drug-likeness (QED) is 0.846. The molecule has 3 rings (SSSR count). The zero-order chi connectivity index (χ0) is 15.0. The van der Waals surface area contributed by atoms with Crippen LogP contribution < -0.4 is 0 Å². The second-order valence-electron chi connectivity index (χ2n) is 5.99. The van der Waals surface area contributed by atoms with E-state index in [9.17, 15) is 14.7 Å². The number of carbonyl (C=O) groups excluding carboxylic acids is 1. The fourth-order valence-electron chi connectivity index (χ4n) is 3.21. The van der Waals surface area contributed by atoms with E-state index in [2.05, 4.69) is 4.90 Å². The van der Waals surface area contributed by atoms with Crippen molar-refractivity contribution in [2.24, 2.45) is 0 Å². The molecular formula is C14H23N3O3S. The molecule has 21 heavy (non-hydrogen) atoms. The van der Waals surface area contributed by atoms with E-state index in [1.165, 1.54) is 12.8 Å². The van der Waals surface area contributed by atoms with Gasteiger partial charge in [0.05, 0.1) is 5.37 Å². The summed E-state index contributed by atoms with van der Waals surface area (Å²) < 4.78 is 0. The van der Waals surface area contributed by atoms with Gasteiger partial charge in [0.25, 0.3) is 0 Å². The van der Waals surface area contributed by atoms with Gasteiger partial charge in [-0.25, -0.2) is 9.59 Å². The Balaban J connectivity index is 1.63. The molecule has 2 heterocycles. The van der Waals surface area contributed by atoms with Gasteiger partial charge in [-0.05, 0) is 19.3 Å². The molecule has 2 saturated heterocycles. The third kappa shape index (κ3) is 2.99. The summed E-state index contributed by atoms with van der Waals surface area (Å²) in [5.74, 6) is -0.384. The Bertz CT molecular complexity index is 422. The van der Waals surface area contributed by atoms with Gasteiger partial charge in [0.2, 0.25) is 0 Å². The maximum Gasteiger partial charge on any atom is 0.327 e. The first-order chi connectivity index (χ1) is 10.1. The number of urea groups is 1. The monoisotopic (exact) mass is 313 g/mol. The maximum absolute atomic E-state index is 12.7. The second kappa shape index (κ2) is 6.04. The lowest BCUT2D eigenvalue weighted by molar-refractivity contribution is -0.141. The Labute approximate surface area is 129 Å². The van der Waals surface area contributed by atoms with E-state index in [0.717, 1.165) is 38.6 Å². The first-order valence-corrected chi connectivity index (χ1v) is 8.82. The fraction of sp³-hybridized carbons (Fsp3) is 0.857. The normalized spacial score (nSPS) is 30.7. The minimum absolute atomic E-state index is 0.0000571. The number of nitrogens with zero attached hydrogens (tertiary/aromatic N) is 3. The number of carbonyl (C=O) groups is 2. The van der Waals surface area contributed by atoms with Gasteiger partial charge in [-0.1, -0.05) is 6.92 Å². The molecule has 1 N–H and O–H groups in total. The molecule has 6 nitrogen and oxygen atoms in total. The van der Waals surface area contributed by atoms with Crippen molar-refractivity contribution < 1.29 is 14.7 Å². The summed E-state index contributed by atoms with van der Waals surface area (Å²) in [6.07, 6.45) is 3.37. The van der Waals surface area contributed by atoms with E-state index in [0.29, 0.717) is 5.75 Å². The van der Waals surface area contributed by atoms with Crippen LogP contribution in [0.3, 0.4) is 0 Å². The number of amides is 2. The van der Waals surface area contributed by atoms with Gasteiger partial charge in [-0.2, -0.15) is 0 Å². The second-order valence-corrected chi connectivity index (χ2v) is 7.21. The Hall–Kier alpha value is -0.950. The average molecular weight is 313 g/mol. The number of carboxylic acid groups (broad SMARTS) is 1. The Morgan fingerprint density at radius 1 is 1.19 bits per heavy atom. The first-order valence-electron chi connectivity index (χ1n) is 7.77. The van der Waals surface area contributed by atoms with Crippen molar-refractivity contribution in [1.82, 2.24) is 14.7 Å². The third-order valence-corrected chi connectivity index (χ3v) is 6.05. The van der Waals surface area contributed by atoms with Crippen molar-refractivity contribution in [2.75, 3.05) is 31.9 Å². The highest BCUT2D eigenvalue weighted by molar-refractivity contribution is 8.00. The number of thioether (sulfide) groups is 1. The minimum Gasteiger partial charge on any atom is -0.480 e. The summed E-state index contributed by atoms with van der Waals surface area (Å²) in [6.45, 7) is 5.30. The highest BCUT2D eigenvalue weighted by Gasteiger charge is 2.43. The van der Waals surface area contributed by atoms with Gasteiger partial charge < -0.3 is 10.0 Å². The number of piperazine rings is 1. The molecule has 0 aromatic carbocycles. The van der Waals surface area contributed by atoms with Gasteiger partial charge in [0, 0.05) is 38.0 Å². The Morgan fingerprint density at radius 3 is 2.38 bits per heavy atom. The third-order valence-electron chi connectivity index (χ3n) is 4.60. The molecule has 7 heteroatoms. The van der Waals surface area contributed by atoms with Crippen LogP contribution in [0.2, 0.25) is 0 Å². The Morgan fingerprint density at radius 2 is 1.86 bits per heavy atom. The molecular weight excluding hydrogens is 290 g/mol. The molecule has 0 aromatic rings. The molecule has 0 radical (unpaired) electrons. The van der Waals surface area contributed by atoms with Gasteiger partial charge in [-0.15, -0.1) is 11.8 Å². The first kappa shape index (κ1) is 15.0. The van der Waals surface area contributed by atoms with E-state index >= 15 is 0 Å². The smallest absolute Gasteiger partial charge is 0.327 e. The lowest BCUT2D eigenvalue weighted by Crippen LogP contribution is -2.56. The molecule has 0 bridgehead atoms. The molecule has 118 valence electrons. The molecule has 0 spiro atoms. The highest BCUT2D eigenvalue weighted by Crippen LogP contribution is 2.33. The standard InChI is InChI=1S/C14H23N3O3S/c1-2-12-17(11(9-21-12)13(18)19)14(20)16-7-5-15(6-8-16)10-3-4-10/h10-12H,2-9H2,1H3,(H,18,19). The molecule has 3 aliphatic rings. The van der Waals surface area contributed by atoms with Crippen molar-refractivity contribution in [3.05, 3.63) is 0 Å². The number of hydrogen-bond donors (Lipinski definition) is 1. The summed E-state index contributed by atoms with van der Waals surface area (Å²) in [7, 11) is 0. The number of aliphatic carboxylic acids is 1. The van der Waals surface area contributed by atoms with Crippen molar-refractivity contribution in [1.29, 1.82) is 0 Å². The predicted molar refractivity (Wildman–Crippen MR) is 81.4 cm³/mol. The van der Waals surface area contributed by atoms with E-state index in [1.54, 1.807) is 16.7 Å². The number of hydrogen-bond acceptors (Lipinski definition) is 4. The number of carboxylic acids is 1. The van der Waals surface area contributed by atoms with E-state index in [-0.39, 0.29) is 11.4 Å². The fourth-order valence-corrected chi connectivity index (χ4v) is 4.55. The van der Waals surface area contributed by atoms with Crippen LogP contribution >= 0.6 is 11.8 Å². The molecule has 2 aliphatic heterocycles. The lowest BCUT2D eigenvalue weighted by atomic mass is 10.2. The molecule has 2 atom stereocenters. The van der Waals surface area contributed by atoms with Crippen LogP contribution in [0.1, 0.15) is 26.2 Å². The average Bonchev–Trinajstić information content (AvgIpc) is 3.25. The summed E-state index contributed by atoms with van der Waals surface area (Å²) in [6, 6.07) is -0.0247. The molecule has 1 aliphatic carbocycles. The Kier molecular flexibility index (Phi) is 4.31. The lowest BCUT2D eigenvalue weighted by Gasteiger charge is -2.38. The molecule has 0 aromatic heterocycles. The van der Waals surface area contributed by atoms with Gasteiger partial charge in [0.1, 0.15) is 6.04 Å². The van der Waals surface area contributed by atoms with Gasteiger partial charge in [-0.3, -0.25) is 9.80 Å². The largest absolute Gasteiger partial charge is 0.480 e. The van der Waals surface area contributed by atoms with E-state index < -0.39 is 12.0 Å². The van der Waals surface area contributed by atoms with Gasteiger partial charge >= 0.3 is 12.0 Å². The van der Waals surface area contributed by atoms with E-state index in [4.69, 9.17) is 0 Å². The zero-order valence-corrected chi connectivity index (χ0v) is 13.2. The summed E-state index contributed by atoms with van der Waals surface area (Å²) in [5, 5.41) is 9.33. The highest BCUT2D eigenvalue weighted by atomic mass is 32.2. The summed E-state index contributed by atoms with van der Waals surface area (Å²) >= 11 is 1.58. The molecule has 2 amide bonds. The SMILES string of the molecule is CCC1SCC(C(=O)O)N1C(=O)N1CCN(C2CC2)CC1. The number of rotatable bonds is 3. The van der Waals surface area contributed by atoms with Gasteiger partial charge in [0.15, 0.2) is 0 Å². The van der Waals surface area contributed by atoms with Crippen molar-refractivity contribution in [3.63, 3.8) is 0 Å². The van der Waals surface area contributed by atoms with Crippen LogP contribution in [0.5, 0.6) is 0 Å². The van der Waals surface area contributed by atoms with Crippen LogP contribution in [0.4, 0.5) is 4.79 Å². The van der Waals surface area contributed by atoms with Crippen LogP contribution in [0.15, 0.2) is 0 Å². The zero-order valence-electron chi connectivity index (χ0n) is 12.4. The molecule has 3 fully saturated rings. The summed E-state index contributed by atoms with van der Waals surface area (Å²) in [4.78, 5) is 30.0. The summed E-state index contributed by atoms with van der Waals surface area (Å²) in [5.41, 5.74) is 0. The van der Waals surface area contributed by atoms with Crippen molar-refractivity contribution in [2.45, 2.75) is 43.6 Å². The van der Waals surface area contributed by atoms with Crippen LogP contribution in [-0.2, 0) is 4.79 Å². The van der Waals surface area contributed by atoms with Crippen LogP contribution in [0, 0.1) is 0 Å². The van der Waals surface area contributed by atoms with E-state index in [1.807, 2.05) is 11.8 Å². The molecule has 1 saturated carbocycles. The topological polar surface area (TPSA) is 64.1 Å². The van der Waals surface area contributed by atoms with Crippen LogP contribution in [-0.4, -0.2) is 81.2 Å².